The van der Waals surface area contributed by atoms with Crippen molar-refractivity contribution in [2.24, 2.45) is 5.92 Å². The summed E-state index contributed by atoms with van der Waals surface area (Å²) in [4.78, 5) is 27.6. The van der Waals surface area contributed by atoms with Crippen LogP contribution in [-0.2, 0) is 14.3 Å². The zero-order valence-corrected chi connectivity index (χ0v) is 13.5. The van der Waals surface area contributed by atoms with Gasteiger partial charge in [0.15, 0.2) is 0 Å². The van der Waals surface area contributed by atoms with Crippen LogP contribution < -0.4 is 4.90 Å². The molecular formula is C17H20F2N2O3. The number of likely N-dealkylation sites (N-methyl/N-ethyl adjacent to an activating group) is 1. The molecule has 5 nitrogen and oxygen atoms in total. The monoisotopic (exact) mass is 338 g/mol. The minimum absolute atomic E-state index is 0.0458. The van der Waals surface area contributed by atoms with Gasteiger partial charge in [-0.1, -0.05) is 0 Å². The number of rotatable bonds is 4. The number of anilines is 1. The van der Waals surface area contributed by atoms with Crippen LogP contribution in [0.25, 0.3) is 0 Å². The lowest BCUT2D eigenvalue weighted by Crippen LogP contribution is -2.39. The summed E-state index contributed by atoms with van der Waals surface area (Å²) in [5, 5.41) is 0. The molecule has 2 saturated heterocycles. The Kier molecular flexibility index (Phi) is 4.80. The predicted molar refractivity (Wildman–Crippen MR) is 83.4 cm³/mol. The Labute approximate surface area is 139 Å². The van der Waals surface area contributed by atoms with Gasteiger partial charge in [0.05, 0.1) is 12.0 Å². The van der Waals surface area contributed by atoms with Gasteiger partial charge >= 0.3 is 0 Å². The third-order valence-corrected chi connectivity index (χ3v) is 4.51. The lowest BCUT2D eigenvalue weighted by atomic mass is 10.1. The number of hydrogen-bond acceptors (Lipinski definition) is 3. The fraction of sp³-hybridized carbons (Fsp3) is 0.529. The quantitative estimate of drug-likeness (QED) is 0.843. The van der Waals surface area contributed by atoms with E-state index in [9.17, 15) is 18.4 Å². The molecule has 2 amide bonds. The van der Waals surface area contributed by atoms with Gasteiger partial charge in [0.2, 0.25) is 11.8 Å². The zero-order valence-electron chi connectivity index (χ0n) is 13.5. The summed E-state index contributed by atoms with van der Waals surface area (Å²) in [6.07, 6.45) is 2.01. The van der Waals surface area contributed by atoms with Gasteiger partial charge in [-0.05, 0) is 25.0 Å². The highest BCUT2D eigenvalue weighted by atomic mass is 19.1. The van der Waals surface area contributed by atoms with Crippen molar-refractivity contribution in [1.29, 1.82) is 0 Å². The molecule has 0 radical (unpaired) electrons. The van der Waals surface area contributed by atoms with E-state index in [1.165, 1.54) is 4.90 Å². The molecule has 2 fully saturated rings. The maximum Gasteiger partial charge on any atom is 0.227 e. The first-order valence-electron chi connectivity index (χ1n) is 8.07. The van der Waals surface area contributed by atoms with E-state index in [1.54, 1.807) is 11.9 Å². The normalized spacial score (nSPS) is 23.8. The number of amides is 2. The Bertz CT molecular complexity index is 626. The molecule has 130 valence electrons. The van der Waals surface area contributed by atoms with Gasteiger partial charge < -0.3 is 14.5 Å². The molecule has 0 spiro atoms. The summed E-state index contributed by atoms with van der Waals surface area (Å²) in [6, 6.07) is 2.95. The molecule has 1 aromatic carbocycles. The molecule has 24 heavy (non-hydrogen) atoms. The van der Waals surface area contributed by atoms with Crippen LogP contribution >= 0.6 is 0 Å². The summed E-state index contributed by atoms with van der Waals surface area (Å²) in [5.74, 6) is -2.44. The van der Waals surface area contributed by atoms with E-state index in [-0.39, 0.29) is 36.6 Å². The van der Waals surface area contributed by atoms with Gasteiger partial charge in [0, 0.05) is 44.9 Å². The van der Waals surface area contributed by atoms with Crippen LogP contribution in [0.5, 0.6) is 0 Å². The molecule has 0 saturated carbocycles. The van der Waals surface area contributed by atoms with E-state index in [0.717, 1.165) is 31.0 Å². The molecule has 1 aromatic rings. The van der Waals surface area contributed by atoms with Gasteiger partial charge in [-0.25, -0.2) is 8.78 Å². The second kappa shape index (κ2) is 6.84. The van der Waals surface area contributed by atoms with Gasteiger partial charge in [0.1, 0.15) is 11.6 Å². The van der Waals surface area contributed by atoms with Crippen LogP contribution in [-0.4, -0.2) is 49.6 Å². The zero-order chi connectivity index (χ0) is 17.3. The Morgan fingerprint density at radius 3 is 2.67 bits per heavy atom. The number of ether oxygens (including phenoxy) is 1. The molecule has 2 atom stereocenters. The summed E-state index contributed by atoms with van der Waals surface area (Å²) in [5.41, 5.74) is 0.148. The minimum atomic E-state index is -0.747. The van der Waals surface area contributed by atoms with Crippen LogP contribution in [0.15, 0.2) is 18.2 Å². The molecule has 3 rings (SSSR count). The summed E-state index contributed by atoms with van der Waals surface area (Å²) in [7, 11) is 1.69. The topological polar surface area (TPSA) is 49.9 Å². The molecule has 0 aromatic heterocycles. The van der Waals surface area contributed by atoms with Crippen molar-refractivity contribution in [2.45, 2.75) is 25.4 Å². The highest BCUT2D eigenvalue weighted by molar-refractivity contribution is 6.00. The van der Waals surface area contributed by atoms with E-state index in [0.29, 0.717) is 13.2 Å². The van der Waals surface area contributed by atoms with E-state index in [4.69, 9.17) is 4.74 Å². The van der Waals surface area contributed by atoms with Gasteiger partial charge in [-0.15, -0.1) is 0 Å². The maximum atomic E-state index is 13.4. The number of hydrogen-bond donors (Lipinski definition) is 0. The summed E-state index contributed by atoms with van der Waals surface area (Å²) >= 11 is 0. The number of carbonyl (C=O) groups excluding carboxylic acids is 2. The SMILES string of the molecule is CN(CC1CCCO1)C(=O)C1CC(=O)N(c2cc(F)cc(F)c2)C1. The molecule has 0 bridgehead atoms. The van der Waals surface area contributed by atoms with Crippen molar-refractivity contribution >= 4 is 17.5 Å². The largest absolute Gasteiger partial charge is 0.376 e. The molecule has 0 N–H and O–H groups in total. The van der Waals surface area contributed by atoms with E-state index in [1.807, 2.05) is 0 Å². The number of carbonyl (C=O) groups is 2. The molecular weight excluding hydrogens is 318 g/mol. The fourth-order valence-electron chi connectivity index (χ4n) is 3.31. The third kappa shape index (κ3) is 3.56. The predicted octanol–water partition coefficient (Wildman–Crippen LogP) is 1.96. The average Bonchev–Trinajstić information content (AvgIpc) is 3.15. The summed E-state index contributed by atoms with van der Waals surface area (Å²) < 4.78 is 32.2. The molecule has 2 aliphatic rings. The molecule has 2 aliphatic heterocycles. The molecule has 2 unspecified atom stereocenters. The Hall–Kier alpha value is -2.02. The van der Waals surface area contributed by atoms with E-state index >= 15 is 0 Å². The van der Waals surface area contributed by atoms with Crippen LogP contribution in [0.4, 0.5) is 14.5 Å². The van der Waals surface area contributed by atoms with Crippen LogP contribution in [0.2, 0.25) is 0 Å². The molecule has 0 aliphatic carbocycles. The molecule has 7 heteroatoms. The lowest BCUT2D eigenvalue weighted by molar-refractivity contribution is -0.135. The van der Waals surface area contributed by atoms with E-state index in [2.05, 4.69) is 0 Å². The minimum Gasteiger partial charge on any atom is -0.376 e. The number of halogens is 2. The number of benzene rings is 1. The maximum absolute atomic E-state index is 13.4. The lowest BCUT2D eigenvalue weighted by Gasteiger charge is -2.24. The van der Waals surface area contributed by atoms with Crippen molar-refractivity contribution < 1.29 is 23.1 Å². The Balaban J connectivity index is 1.66. The van der Waals surface area contributed by atoms with Gasteiger partial charge in [-0.3, -0.25) is 9.59 Å². The first-order chi connectivity index (χ1) is 11.4. The van der Waals surface area contributed by atoms with Crippen LogP contribution in [0.3, 0.4) is 0 Å². The average molecular weight is 338 g/mol. The highest BCUT2D eigenvalue weighted by Gasteiger charge is 2.37. The Morgan fingerprint density at radius 2 is 2.04 bits per heavy atom. The van der Waals surface area contributed by atoms with Crippen LogP contribution in [0.1, 0.15) is 19.3 Å². The van der Waals surface area contributed by atoms with Crippen molar-refractivity contribution in [3.63, 3.8) is 0 Å². The highest BCUT2D eigenvalue weighted by Crippen LogP contribution is 2.27. The van der Waals surface area contributed by atoms with Crippen molar-refractivity contribution in [1.82, 2.24) is 4.90 Å². The van der Waals surface area contributed by atoms with Crippen molar-refractivity contribution in [2.75, 3.05) is 31.6 Å². The first-order valence-corrected chi connectivity index (χ1v) is 8.07. The van der Waals surface area contributed by atoms with Gasteiger partial charge in [0.25, 0.3) is 0 Å². The second-order valence-electron chi connectivity index (χ2n) is 6.39. The second-order valence-corrected chi connectivity index (χ2v) is 6.39. The van der Waals surface area contributed by atoms with E-state index < -0.39 is 17.6 Å². The van der Waals surface area contributed by atoms with Crippen LogP contribution in [0, 0.1) is 17.6 Å². The first kappa shape index (κ1) is 16.8. The fourth-order valence-corrected chi connectivity index (χ4v) is 3.31. The van der Waals surface area contributed by atoms with Gasteiger partial charge in [-0.2, -0.15) is 0 Å². The van der Waals surface area contributed by atoms with Crippen molar-refractivity contribution in [3.8, 4) is 0 Å². The standard InChI is InChI=1S/C17H20F2N2O3/c1-20(10-15-3-2-4-24-15)17(23)11-5-16(22)21(9-11)14-7-12(18)6-13(19)8-14/h6-8,11,15H,2-5,9-10H2,1H3. The summed E-state index contributed by atoms with van der Waals surface area (Å²) in [6.45, 7) is 1.35. The Morgan fingerprint density at radius 1 is 1.33 bits per heavy atom. The number of nitrogens with zero attached hydrogens (tertiary/aromatic N) is 2. The molecule has 2 heterocycles. The van der Waals surface area contributed by atoms with Crippen molar-refractivity contribution in [3.05, 3.63) is 29.8 Å². The third-order valence-electron chi connectivity index (χ3n) is 4.51. The smallest absolute Gasteiger partial charge is 0.227 e.